The SMILES string of the molecule is Cc1nc(C2CNCCC2=O)c2[nH]c(=O)[nH]c2n1. The van der Waals surface area contributed by atoms with Crippen molar-refractivity contribution in [1.82, 2.24) is 25.3 Å². The number of imidazole rings is 1. The second-order valence-electron chi connectivity index (χ2n) is 4.43. The Morgan fingerprint density at radius 3 is 2.83 bits per heavy atom. The van der Waals surface area contributed by atoms with Gasteiger partial charge in [-0.05, 0) is 6.92 Å². The van der Waals surface area contributed by atoms with E-state index in [0.717, 1.165) is 0 Å². The van der Waals surface area contributed by atoms with Crippen LogP contribution in [0.15, 0.2) is 4.79 Å². The average Bonchev–Trinajstić information content (AvgIpc) is 2.69. The van der Waals surface area contributed by atoms with Crippen molar-refractivity contribution in [3.8, 4) is 0 Å². The largest absolute Gasteiger partial charge is 0.325 e. The Morgan fingerprint density at radius 1 is 1.22 bits per heavy atom. The van der Waals surface area contributed by atoms with Gasteiger partial charge in [-0.1, -0.05) is 0 Å². The molecule has 0 aliphatic carbocycles. The summed E-state index contributed by atoms with van der Waals surface area (Å²) >= 11 is 0. The smallest absolute Gasteiger partial charge is 0.315 e. The number of H-pyrrole nitrogens is 2. The lowest BCUT2D eigenvalue weighted by molar-refractivity contribution is -0.121. The standard InChI is InChI=1S/C11H13N5O2/c1-5-13-8(6-4-12-3-2-7(6)17)9-10(14-5)16-11(18)15-9/h6,12H,2-4H2,1H3,(H2,13,14,15,16,18). The predicted octanol–water partition coefficient (Wildman–Crippen LogP) is -0.399. The molecule has 0 spiro atoms. The van der Waals surface area contributed by atoms with Crippen LogP contribution in [0.4, 0.5) is 0 Å². The number of ketones is 1. The average molecular weight is 247 g/mol. The minimum atomic E-state index is -0.331. The molecule has 0 bridgehead atoms. The molecule has 1 unspecified atom stereocenters. The van der Waals surface area contributed by atoms with E-state index in [0.29, 0.717) is 42.2 Å². The molecule has 3 N–H and O–H groups in total. The van der Waals surface area contributed by atoms with Gasteiger partial charge in [0.15, 0.2) is 5.65 Å². The summed E-state index contributed by atoms with van der Waals surface area (Å²) in [5, 5.41) is 3.17. The number of carbonyl (C=O) groups excluding carboxylic acids is 1. The predicted molar refractivity (Wildman–Crippen MR) is 64.5 cm³/mol. The van der Waals surface area contributed by atoms with Gasteiger partial charge in [0.05, 0.1) is 11.6 Å². The number of aryl methyl sites for hydroxylation is 1. The molecule has 18 heavy (non-hydrogen) atoms. The molecular weight excluding hydrogens is 234 g/mol. The fourth-order valence-corrected chi connectivity index (χ4v) is 2.31. The summed E-state index contributed by atoms with van der Waals surface area (Å²) in [7, 11) is 0. The highest BCUT2D eigenvalue weighted by atomic mass is 16.1. The number of piperidine rings is 1. The number of rotatable bonds is 1. The topological polar surface area (TPSA) is 104 Å². The summed E-state index contributed by atoms with van der Waals surface area (Å²) in [4.78, 5) is 37.0. The Bertz CT molecular complexity index is 672. The van der Waals surface area contributed by atoms with Crippen molar-refractivity contribution < 1.29 is 4.79 Å². The lowest BCUT2D eigenvalue weighted by Crippen LogP contribution is -2.36. The van der Waals surface area contributed by atoms with Crippen LogP contribution in [0.1, 0.15) is 23.9 Å². The summed E-state index contributed by atoms with van der Waals surface area (Å²) < 4.78 is 0. The van der Waals surface area contributed by atoms with E-state index < -0.39 is 0 Å². The Balaban J connectivity index is 2.20. The van der Waals surface area contributed by atoms with Crippen LogP contribution in [0.3, 0.4) is 0 Å². The normalized spacial score (nSPS) is 20.5. The van der Waals surface area contributed by atoms with Crippen LogP contribution < -0.4 is 11.0 Å². The Kier molecular flexibility index (Phi) is 2.48. The second kappa shape index (κ2) is 4.02. The molecule has 2 aromatic rings. The molecule has 1 atom stereocenters. The van der Waals surface area contributed by atoms with Crippen molar-refractivity contribution in [1.29, 1.82) is 0 Å². The summed E-state index contributed by atoms with van der Waals surface area (Å²) in [5.74, 6) is 0.385. The molecule has 3 rings (SSSR count). The quantitative estimate of drug-likeness (QED) is 0.636. The van der Waals surface area contributed by atoms with Gasteiger partial charge in [-0.2, -0.15) is 0 Å². The van der Waals surface area contributed by atoms with E-state index in [1.165, 1.54) is 0 Å². The van der Waals surface area contributed by atoms with Crippen molar-refractivity contribution in [2.75, 3.05) is 13.1 Å². The van der Waals surface area contributed by atoms with Crippen LogP contribution in [0.2, 0.25) is 0 Å². The number of Topliss-reactive ketones (excluding diaryl/α,β-unsaturated/α-hetero) is 1. The van der Waals surface area contributed by atoms with Crippen LogP contribution in [0, 0.1) is 6.92 Å². The second-order valence-corrected chi connectivity index (χ2v) is 4.43. The van der Waals surface area contributed by atoms with Gasteiger partial charge in [0.2, 0.25) is 0 Å². The molecule has 0 radical (unpaired) electrons. The third kappa shape index (κ3) is 1.72. The lowest BCUT2D eigenvalue weighted by Gasteiger charge is -2.21. The summed E-state index contributed by atoms with van der Waals surface area (Å²) in [6, 6.07) is 0. The molecule has 0 saturated carbocycles. The summed E-state index contributed by atoms with van der Waals surface area (Å²) in [5.41, 5.74) is 1.27. The molecule has 94 valence electrons. The first-order valence-electron chi connectivity index (χ1n) is 5.85. The van der Waals surface area contributed by atoms with E-state index in [9.17, 15) is 9.59 Å². The van der Waals surface area contributed by atoms with Gasteiger partial charge in [0.25, 0.3) is 0 Å². The molecule has 1 aliphatic heterocycles. The third-order valence-electron chi connectivity index (χ3n) is 3.13. The highest BCUT2D eigenvalue weighted by Gasteiger charge is 2.27. The lowest BCUT2D eigenvalue weighted by atomic mass is 9.94. The van der Waals surface area contributed by atoms with Crippen molar-refractivity contribution in [2.24, 2.45) is 0 Å². The van der Waals surface area contributed by atoms with E-state index in [4.69, 9.17) is 0 Å². The maximum atomic E-state index is 12.0. The van der Waals surface area contributed by atoms with Crippen molar-refractivity contribution in [2.45, 2.75) is 19.3 Å². The number of nitrogens with zero attached hydrogens (tertiary/aromatic N) is 2. The zero-order valence-electron chi connectivity index (χ0n) is 9.91. The van der Waals surface area contributed by atoms with Gasteiger partial charge in [0, 0.05) is 19.5 Å². The Morgan fingerprint density at radius 2 is 2.06 bits per heavy atom. The van der Waals surface area contributed by atoms with Crippen LogP contribution in [-0.4, -0.2) is 38.8 Å². The number of carbonyl (C=O) groups is 1. The van der Waals surface area contributed by atoms with E-state index in [-0.39, 0.29) is 17.4 Å². The summed E-state index contributed by atoms with van der Waals surface area (Å²) in [6.45, 7) is 3.00. The minimum Gasteiger partial charge on any atom is -0.315 e. The monoisotopic (exact) mass is 247 g/mol. The Hall–Kier alpha value is -2.02. The first-order valence-corrected chi connectivity index (χ1v) is 5.85. The molecule has 1 fully saturated rings. The molecule has 2 aromatic heterocycles. The number of fused-ring (bicyclic) bond motifs is 1. The van der Waals surface area contributed by atoms with Gasteiger partial charge in [-0.15, -0.1) is 0 Å². The number of hydrogen-bond donors (Lipinski definition) is 3. The van der Waals surface area contributed by atoms with E-state index in [1.807, 2.05) is 0 Å². The molecule has 0 amide bonds. The van der Waals surface area contributed by atoms with Crippen molar-refractivity contribution in [3.05, 3.63) is 22.0 Å². The number of hydrogen-bond acceptors (Lipinski definition) is 5. The zero-order valence-corrected chi connectivity index (χ0v) is 9.91. The van der Waals surface area contributed by atoms with Crippen molar-refractivity contribution >= 4 is 16.9 Å². The van der Waals surface area contributed by atoms with Gasteiger partial charge < -0.3 is 10.3 Å². The molecule has 1 aliphatic rings. The maximum Gasteiger partial charge on any atom is 0.325 e. The molecule has 0 aromatic carbocycles. The van der Waals surface area contributed by atoms with E-state index in [1.54, 1.807) is 6.92 Å². The zero-order chi connectivity index (χ0) is 12.7. The van der Waals surface area contributed by atoms with Gasteiger partial charge in [-0.3, -0.25) is 9.78 Å². The van der Waals surface area contributed by atoms with E-state index in [2.05, 4.69) is 25.3 Å². The molecule has 3 heterocycles. The third-order valence-corrected chi connectivity index (χ3v) is 3.13. The minimum absolute atomic E-state index is 0.148. The molecule has 1 saturated heterocycles. The summed E-state index contributed by atoms with van der Waals surface area (Å²) in [6.07, 6.45) is 0.490. The van der Waals surface area contributed by atoms with Crippen LogP contribution >= 0.6 is 0 Å². The molecule has 7 heteroatoms. The van der Waals surface area contributed by atoms with Crippen molar-refractivity contribution in [3.63, 3.8) is 0 Å². The van der Waals surface area contributed by atoms with E-state index >= 15 is 0 Å². The van der Waals surface area contributed by atoms with Crippen LogP contribution in [-0.2, 0) is 4.79 Å². The van der Waals surface area contributed by atoms with Gasteiger partial charge in [-0.25, -0.2) is 14.8 Å². The van der Waals surface area contributed by atoms with Gasteiger partial charge in [0.1, 0.15) is 17.1 Å². The molecular formula is C11H13N5O2. The number of aromatic nitrogens is 4. The highest BCUT2D eigenvalue weighted by molar-refractivity contribution is 5.90. The maximum absolute atomic E-state index is 12.0. The Labute approximate surface area is 102 Å². The molecule has 7 nitrogen and oxygen atoms in total. The van der Waals surface area contributed by atoms with Crippen LogP contribution in [0.5, 0.6) is 0 Å². The first-order chi connectivity index (χ1) is 8.65. The fourth-order valence-electron chi connectivity index (χ4n) is 2.31. The van der Waals surface area contributed by atoms with Crippen LogP contribution in [0.25, 0.3) is 11.2 Å². The van der Waals surface area contributed by atoms with Gasteiger partial charge >= 0.3 is 5.69 Å². The number of aromatic amines is 2. The fraction of sp³-hybridized carbons (Fsp3) is 0.455. The highest BCUT2D eigenvalue weighted by Crippen LogP contribution is 2.23. The number of nitrogens with one attached hydrogen (secondary N) is 3. The first kappa shape index (κ1) is 11.1.